The van der Waals surface area contributed by atoms with Crippen molar-refractivity contribution in [1.82, 2.24) is 14.9 Å². The van der Waals surface area contributed by atoms with E-state index < -0.39 is 0 Å². The van der Waals surface area contributed by atoms with Crippen LogP contribution in [0.25, 0.3) is 0 Å². The van der Waals surface area contributed by atoms with E-state index in [1.54, 1.807) is 36.4 Å². The highest BCUT2D eigenvalue weighted by molar-refractivity contribution is 6.36. The van der Waals surface area contributed by atoms with Gasteiger partial charge < -0.3 is 14.7 Å². The van der Waals surface area contributed by atoms with Crippen molar-refractivity contribution in [1.29, 1.82) is 0 Å². The largest absolute Gasteiger partial charge is 0.492 e. The van der Waals surface area contributed by atoms with Gasteiger partial charge in [-0.3, -0.25) is 14.5 Å². The number of fused-ring (bicyclic) bond motifs is 1. The third-order valence-electron chi connectivity index (χ3n) is 5.67. The molecule has 0 atom stereocenters. The maximum atomic E-state index is 12.5. The first-order valence-electron chi connectivity index (χ1n) is 10.4. The minimum absolute atomic E-state index is 0.119. The lowest BCUT2D eigenvalue weighted by atomic mass is 9.92. The van der Waals surface area contributed by atoms with Gasteiger partial charge in [-0.1, -0.05) is 35.3 Å². The zero-order valence-electron chi connectivity index (χ0n) is 17.3. The summed E-state index contributed by atoms with van der Waals surface area (Å²) < 4.78 is 5.81. The summed E-state index contributed by atoms with van der Waals surface area (Å²) >= 11 is 13.3. The predicted octanol–water partition coefficient (Wildman–Crippen LogP) is 5.50. The Labute approximate surface area is 200 Å². The van der Waals surface area contributed by atoms with Crippen LogP contribution in [0.5, 0.6) is 5.75 Å². The predicted molar refractivity (Wildman–Crippen MR) is 126 cm³/mol. The Morgan fingerprint density at radius 1 is 0.818 bits per heavy atom. The van der Waals surface area contributed by atoms with Crippen LogP contribution in [0, 0.1) is 0 Å². The average Bonchev–Trinajstić information content (AvgIpc) is 3.56. The molecule has 0 spiro atoms. The van der Waals surface area contributed by atoms with Crippen molar-refractivity contribution in [2.24, 2.45) is 0 Å². The fraction of sp³-hybridized carbons (Fsp3) is 0.120. The molecule has 1 aliphatic heterocycles. The number of ether oxygens (including phenoxy) is 1. The molecule has 2 amide bonds. The molecular weight excluding hydrogens is 461 g/mol. The number of hydrogen-bond acceptors (Lipinski definition) is 3. The number of aromatic amines is 2. The molecule has 2 N–H and O–H groups in total. The second-order valence-electron chi connectivity index (χ2n) is 7.64. The van der Waals surface area contributed by atoms with E-state index in [0.717, 1.165) is 17.0 Å². The molecule has 166 valence electrons. The summed E-state index contributed by atoms with van der Waals surface area (Å²) in [6, 6.07) is 18.0. The fourth-order valence-electron chi connectivity index (χ4n) is 4.14. The Hall–Kier alpha value is -3.48. The zero-order chi connectivity index (χ0) is 22.9. The Kier molecular flexibility index (Phi) is 5.70. The van der Waals surface area contributed by atoms with E-state index in [9.17, 15) is 9.59 Å². The minimum Gasteiger partial charge on any atom is -0.492 e. The average molecular weight is 480 g/mol. The number of benzene rings is 2. The van der Waals surface area contributed by atoms with Gasteiger partial charge in [0.15, 0.2) is 0 Å². The highest BCUT2D eigenvalue weighted by Crippen LogP contribution is 2.41. The van der Waals surface area contributed by atoms with Gasteiger partial charge in [-0.05, 0) is 48.5 Å². The highest BCUT2D eigenvalue weighted by atomic mass is 35.5. The van der Waals surface area contributed by atoms with Crippen LogP contribution in [0.15, 0.2) is 73.1 Å². The van der Waals surface area contributed by atoms with Crippen molar-refractivity contribution in [3.05, 3.63) is 111 Å². The first-order chi connectivity index (χ1) is 16.0. The summed E-state index contributed by atoms with van der Waals surface area (Å²) in [7, 11) is 0. The standard InChI is InChI=1S/C25H19Cl2N3O3/c26-18-13-15(33-12-11-30-24(31)16-5-1-2-6-17(16)25(30)32)14-19(27)22(18)23(20-7-3-9-28-20)21-8-4-10-29-21/h1-10,13-14,23,28-29H,11-12H2. The molecule has 0 bridgehead atoms. The van der Waals surface area contributed by atoms with Crippen molar-refractivity contribution in [2.45, 2.75) is 5.92 Å². The SMILES string of the molecule is O=C1c2ccccc2C(=O)N1CCOc1cc(Cl)c(C(c2ccc[nH]2)c2ccc[nH]2)c(Cl)c1. The maximum absolute atomic E-state index is 12.5. The number of nitrogens with one attached hydrogen (secondary N) is 2. The van der Waals surface area contributed by atoms with Crippen LogP contribution < -0.4 is 4.74 Å². The first-order valence-corrected chi connectivity index (χ1v) is 11.1. The molecule has 0 saturated heterocycles. The number of rotatable bonds is 7. The lowest BCUT2D eigenvalue weighted by Crippen LogP contribution is -2.33. The van der Waals surface area contributed by atoms with E-state index in [-0.39, 0.29) is 30.9 Å². The van der Waals surface area contributed by atoms with Crippen LogP contribution in [0.2, 0.25) is 10.0 Å². The van der Waals surface area contributed by atoms with Crippen LogP contribution in [0.4, 0.5) is 0 Å². The van der Waals surface area contributed by atoms with Crippen molar-refractivity contribution < 1.29 is 14.3 Å². The van der Waals surface area contributed by atoms with Gasteiger partial charge in [0, 0.05) is 29.3 Å². The second kappa shape index (κ2) is 8.81. The molecule has 6 nitrogen and oxygen atoms in total. The van der Waals surface area contributed by atoms with E-state index in [4.69, 9.17) is 27.9 Å². The Morgan fingerprint density at radius 3 is 1.85 bits per heavy atom. The molecule has 5 rings (SSSR count). The van der Waals surface area contributed by atoms with Crippen LogP contribution in [-0.4, -0.2) is 39.8 Å². The Bertz CT molecular complexity index is 1220. The number of amides is 2. The summed E-state index contributed by atoms with van der Waals surface area (Å²) in [6.07, 6.45) is 3.70. The van der Waals surface area contributed by atoms with E-state index in [1.807, 2.05) is 36.7 Å². The number of hydrogen-bond donors (Lipinski definition) is 2. The minimum atomic E-state index is -0.314. The van der Waals surface area contributed by atoms with Gasteiger partial charge >= 0.3 is 0 Å². The maximum Gasteiger partial charge on any atom is 0.261 e. The first kappa shape index (κ1) is 21.4. The van der Waals surface area contributed by atoms with Crippen molar-refractivity contribution in [2.75, 3.05) is 13.2 Å². The molecule has 0 aliphatic carbocycles. The lowest BCUT2D eigenvalue weighted by Gasteiger charge is -2.20. The van der Waals surface area contributed by atoms with Crippen LogP contribution in [0.1, 0.15) is 43.6 Å². The third kappa shape index (κ3) is 3.92. The number of halogens is 2. The van der Waals surface area contributed by atoms with Crippen LogP contribution in [-0.2, 0) is 0 Å². The molecule has 0 unspecified atom stereocenters. The van der Waals surface area contributed by atoms with E-state index in [2.05, 4.69) is 9.97 Å². The van der Waals surface area contributed by atoms with Gasteiger partial charge in [-0.25, -0.2) is 0 Å². The molecule has 2 aromatic carbocycles. The monoisotopic (exact) mass is 479 g/mol. The van der Waals surface area contributed by atoms with Gasteiger partial charge in [-0.2, -0.15) is 0 Å². The fourth-order valence-corrected chi connectivity index (χ4v) is 4.83. The summed E-state index contributed by atoms with van der Waals surface area (Å²) in [5, 5.41) is 0.903. The molecule has 3 heterocycles. The highest BCUT2D eigenvalue weighted by Gasteiger charge is 2.34. The smallest absolute Gasteiger partial charge is 0.261 e. The van der Waals surface area contributed by atoms with E-state index in [1.165, 1.54) is 4.90 Å². The quantitative estimate of drug-likeness (QED) is 0.343. The Morgan fingerprint density at radius 2 is 1.36 bits per heavy atom. The number of nitrogens with zero attached hydrogens (tertiary/aromatic N) is 1. The number of carbonyl (C=O) groups excluding carboxylic acids is 2. The molecular formula is C25H19Cl2N3O3. The zero-order valence-corrected chi connectivity index (χ0v) is 18.9. The van der Waals surface area contributed by atoms with E-state index >= 15 is 0 Å². The van der Waals surface area contributed by atoms with Crippen molar-refractivity contribution in [3.8, 4) is 5.75 Å². The third-order valence-corrected chi connectivity index (χ3v) is 6.29. The summed E-state index contributed by atoms with van der Waals surface area (Å²) in [5.74, 6) is -0.375. The van der Waals surface area contributed by atoms with Gasteiger partial charge in [0.05, 0.1) is 33.6 Å². The number of imide groups is 1. The second-order valence-corrected chi connectivity index (χ2v) is 8.45. The van der Waals surface area contributed by atoms with Crippen LogP contribution in [0.3, 0.4) is 0 Å². The van der Waals surface area contributed by atoms with Crippen molar-refractivity contribution in [3.63, 3.8) is 0 Å². The van der Waals surface area contributed by atoms with Crippen molar-refractivity contribution >= 4 is 35.0 Å². The van der Waals surface area contributed by atoms with Gasteiger partial charge in [0.25, 0.3) is 11.8 Å². The number of H-pyrrole nitrogens is 2. The summed E-state index contributed by atoms with van der Waals surface area (Å²) in [6.45, 7) is 0.241. The van der Waals surface area contributed by atoms with Crippen LogP contribution >= 0.6 is 23.2 Å². The summed E-state index contributed by atoms with van der Waals surface area (Å²) in [4.78, 5) is 32.7. The lowest BCUT2D eigenvalue weighted by molar-refractivity contribution is 0.0631. The molecule has 8 heteroatoms. The molecule has 1 aliphatic rings. The summed E-state index contributed by atoms with van der Waals surface area (Å²) in [5.41, 5.74) is 3.47. The normalized spacial score (nSPS) is 13.1. The number of aromatic nitrogens is 2. The molecule has 0 saturated carbocycles. The van der Waals surface area contributed by atoms with Gasteiger partial charge in [0.1, 0.15) is 12.4 Å². The Balaban J connectivity index is 1.33. The molecule has 0 fully saturated rings. The molecule has 0 radical (unpaired) electrons. The van der Waals surface area contributed by atoms with Gasteiger partial charge in [-0.15, -0.1) is 0 Å². The topological polar surface area (TPSA) is 78.2 Å². The van der Waals surface area contributed by atoms with Gasteiger partial charge in [0.2, 0.25) is 0 Å². The molecule has 2 aromatic heterocycles. The molecule has 33 heavy (non-hydrogen) atoms. The van der Waals surface area contributed by atoms with E-state index in [0.29, 0.717) is 26.9 Å². The number of carbonyl (C=O) groups is 2. The molecule has 4 aromatic rings.